The van der Waals surface area contributed by atoms with Crippen molar-refractivity contribution in [2.75, 3.05) is 27.7 Å². The van der Waals surface area contributed by atoms with Gasteiger partial charge in [0.15, 0.2) is 6.10 Å². The predicted octanol–water partition coefficient (Wildman–Crippen LogP) is -0.444. The van der Waals surface area contributed by atoms with Gasteiger partial charge in [-0.3, -0.25) is 4.79 Å². The number of ether oxygens (including phenoxy) is 1. The fourth-order valence-electron chi connectivity index (χ4n) is 1.69. The van der Waals surface area contributed by atoms with Gasteiger partial charge >= 0.3 is 11.9 Å². The predicted molar refractivity (Wildman–Crippen MR) is 73.0 cm³/mol. The lowest BCUT2D eigenvalue weighted by Crippen LogP contribution is -2.45. The van der Waals surface area contributed by atoms with Crippen molar-refractivity contribution in [2.45, 2.75) is 31.8 Å². The number of hydrogen-bond acceptors (Lipinski definition) is 5. The molecule has 0 aliphatic heterocycles. The van der Waals surface area contributed by atoms with E-state index in [0.29, 0.717) is 23.9 Å². The lowest BCUT2D eigenvalue weighted by atomic mass is 10.2. The minimum atomic E-state index is -1.27. The standard InChI is InChI=1S/C14H23NO6/c1-15(2,3)10-11(9-13(18)19)21-14(20)8-6-4-5-7-12(16)17/h6,8,11H,4-5,7,9-10H2,1-3H3,(H-,16,17,18,19)/b8-6+. The SMILES string of the molecule is C[N+](C)(C)CC(CC(=O)[O-])OC(=O)/C=C/CCCC(=O)O. The maximum atomic E-state index is 11.6. The van der Waals surface area contributed by atoms with Gasteiger partial charge in [0.25, 0.3) is 0 Å². The van der Waals surface area contributed by atoms with Crippen molar-refractivity contribution < 1.29 is 33.8 Å². The number of allylic oxidation sites excluding steroid dienone is 1. The molecule has 0 aromatic carbocycles. The highest BCUT2D eigenvalue weighted by Gasteiger charge is 2.21. The number of carbonyl (C=O) groups excluding carboxylic acids is 2. The summed E-state index contributed by atoms with van der Waals surface area (Å²) < 4.78 is 5.54. The number of rotatable bonds is 10. The number of unbranched alkanes of at least 4 members (excludes halogenated alkanes) is 1. The molecule has 7 heteroatoms. The van der Waals surface area contributed by atoms with Crippen LogP contribution in [-0.2, 0) is 19.1 Å². The van der Waals surface area contributed by atoms with Crippen molar-refractivity contribution in [3.05, 3.63) is 12.2 Å². The summed E-state index contributed by atoms with van der Waals surface area (Å²) in [6, 6.07) is 0. The van der Waals surface area contributed by atoms with E-state index in [0.717, 1.165) is 0 Å². The molecule has 0 fully saturated rings. The zero-order valence-corrected chi connectivity index (χ0v) is 12.7. The van der Waals surface area contributed by atoms with Gasteiger partial charge in [0.2, 0.25) is 0 Å². The Morgan fingerprint density at radius 2 is 1.90 bits per heavy atom. The Balaban J connectivity index is 4.29. The van der Waals surface area contributed by atoms with Crippen LogP contribution in [0.3, 0.4) is 0 Å². The summed E-state index contributed by atoms with van der Waals surface area (Å²) in [6.07, 6.45) is 2.52. The van der Waals surface area contributed by atoms with Gasteiger partial charge in [-0.1, -0.05) is 6.08 Å². The number of carboxylic acids is 2. The molecule has 21 heavy (non-hydrogen) atoms. The van der Waals surface area contributed by atoms with E-state index in [1.54, 1.807) is 0 Å². The molecule has 1 unspecified atom stereocenters. The maximum Gasteiger partial charge on any atom is 0.330 e. The number of hydrogen-bond donors (Lipinski definition) is 1. The minimum absolute atomic E-state index is 0.0359. The van der Waals surface area contributed by atoms with Crippen LogP contribution in [0.1, 0.15) is 25.7 Å². The van der Waals surface area contributed by atoms with Crippen LogP contribution < -0.4 is 5.11 Å². The van der Waals surface area contributed by atoms with E-state index in [2.05, 4.69) is 0 Å². The summed E-state index contributed by atoms with van der Waals surface area (Å²) in [6.45, 7) is 0.354. The molecule has 0 radical (unpaired) electrons. The Kier molecular flexibility index (Phi) is 8.30. The third kappa shape index (κ3) is 12.9. The molecule has 0 aliphatic carbocycles. The number of carboxylic acid groups (broad SMARTS) is 2. The molecule has 120 valence electrons. The first-order valence-electron chi connectivity index (χ1n) is 6.69. The molecule has 0 heterocycles. The average molecular weight is 301 g/mol. The van der Waals surface area contributed by atoms with Gasteiger partial charge in [0.05, 0.1) is 21.1 Å². The highest BCUT2D eigenvalue weighted by molar-refractivity contribution is 5.82. The third-order valence-electron chi connectivity index (χ3n) is 2.44. The van der Waals surface area contributed by atoms with E-state index in [4.69, 9.17) is 9.84 Å². The molecule has 0 bridgehead atoms. The maximum absolute atomic E-state index is 11.6. The van der Waals surface area contributed by atoms with Crippen molar-refractivity contribution in [3.63, 3.8) is 0 Å². The normalized spacial score (nSPS) is 13.1. The van der Waals surface area contributed by atoms with Gasteiger partial charge < -0.3 is 24.2 Å². The number of carbonyl (C=O) groups is 3. The van der Waals surface area contributed by atoms with Crippen LogP contribution >= 0.6 is 0 Å². The second-order valence-electron chi connectivity index (χ2n) is 5.80. The molecule has 0 rings (SSSR count). The van der Waals surface area contributed by atoms with E-state index in [1.165, 1.54) is 12.2 Å². The molecule has 1 N–H and O–H groups in total. The van der Waals surface area contributed by atoms with Crippen LogP contribution in [0.4, 0.5) is 0 Å². The lowest BCUT2D eigenvalue weighted by molar-refractivity contribution is -0.873. The fourth-order valence-corrected chi connectivity index (χ4v) is 1.69. The van der Waals surface area contributed by atoms with Crippen LogP contribution in [0, 0.1) is 0 Å². The van der Waals surface area contributed by atoms with Crippen LogP contribution in [0.2, 0.25) is 0 Å². The number of esters is 1. The highest BCUT2D eigenvalue weighted by atomic mass is 16.5. The molecule has 0 spiro atoms. The van der Waals surface area contributed by atoms with E-state index in [-0.39, 0.29) is 12.8 Å². The van der Waals surface area contributed by atoms with Gasteiger partial charge in [-0.05, 0) is 12.8 Å². The molecule has 0 aromatic rings. The summed E-state index contributed by atoms with van der Waals surface area (Å²) in [7, 11) is 5.58. The monoisotopic (exact) mass is 301 g/mol. The zero-order chi connectivity index (χ0) is 16.5. The van der Waals surface area contributed by atoms with E-state index in [1.807, 2.05) is 21.1 Å². The Hall–Kier alpha value is -1.89. The number of aliphatic carboxylic acids is 2. The smallest absolute Gasteiger partial charge is 0.330 e. The number of nitrogens with zero attached hydrogens (tertiary/aromatic N) is 1. The molecule has 0 saturated heterocycles. The van der Waals surface area contributed by atoms with Crippen molar-refractivity contribution in [2.24, 2.45) is 0 Å². The summed E-state index contributed by atoms with van der Waals surface area (Å²) in [5, 5.41) is 19.1. The van der Waals surface area contributed by atoms with Crippen molar-refractivity contribution in [3.8, 4) is 0 Å². The van der Waals surface area contributed by atoms with Crippen molar-refractivity contribution in [1.82, 2.24) is 0 Å². The zero-order valence-electron chi connectivity index (χ0n) is 12.7. The van der Waals surface area contributed by atoms with E-state index in [9.17, 15) is 19.5 Å². The van der Waals surface area contributed by atoms with Gasteiger partial charge in [0.1, 0.15) is 6.54 Å². The van der Waals surface area contributed by atoms with Crippen LogP contribution in [-0.4, -0.2) is 61.3 Å². The van der Waals surface area contributed by atoms with Crippen molar-refractivity contribution >= 4 is 17.9 Å². The first-order chi connectivity index (χ1) is 9.60. The molecular formula is C14H23NO6. The summed E-state index contributed by atoms with van der Waals surface area (Å²) in [4.78, 5) is 32.5. The van der Waals surface area contributed by atoms with E-state index < -0.39 is 24.0 Å². The van der Waals surface area contributed by atoms with Crippen LogP contribution in [0.15, 0.2) is 12.2 Å². The van der Waals surface area contributed by atoms with Gasteiger partial charge in [-0.15, -0.1) is 0 Å². The van der Waals surface area contributed by atoms with Crippen LogP contribution in [0.5, 0.6) is 0 Å². The van der Waals surface area contributed by atoms with Gasteiger partial charge in [-0.2, -0.15) is 0 Å². The fraction of sp³-hybridized carbons (Fsp3) is 0.643. The molecule has 7 nitrogen and oxygen atoms in total. The summed E-state index contributed by atoms with van der Waals surface area (Å²) >= 11 is 0. The summed E-state index contributed by atoms with van der Waals surface area (Å²) in [5.41, 5.74) is 0. The number of likely N-dealkylation sites (N-methyl/N-ethyl adjacent to an activating group) is 1. The lowest BCUT2D eigenvalue weighted by Gasteiger charge is -2.29. The van der Waals surface area contributed by atoms with Crippen LogP contribution in [0.25, 0.3) is 0 Å². The van der Waals surface area contributed by atoms with Gasteiger partial charge in [0, 0.05) is 24.9 Å². The average Bonchev–Trinajstić information content (AvgIpc) is 2.24. The molecule has 0 saturated carbocycles. The number of quaternary nitrogens is 1. The first kappa shape index (κ1) is 19.1. The van der Waals surface area contributed by atoms with Crippen molar-refractivity contribution in [1.29, 1.82) is 0 Å². The quantitative estimate of drug-likeness (QED) is 0.254. The molecular weight excluding hydrogens is 278 g/mol. The Bertz CT molecular complexity index is 397. The highest BCUT2D eigenvalue weighted by Crippen LogP contribution is 2.06. The second kappa shape index (κ2) is 9.12. The van der Waals surface area contributed by atoms with E-state index >= 15 is 0 Å². The largest absolute Gasteiger partial charge is 0.550 e. The minimum Gasteiger partial charge on any atom is -0.550 e. The Morgan fingerprint density at radius 1 is 1.29 bits per heavy atom. The third-order valence-corrected chi connectivity index (χ3v) is 2.44. The molecule has 0 aromatic heterocycles. The van der Waals surface area contributed by atoms with Gasteiger partial charge in [-0.25, -0.2) is 4.79 Å². The Labute approximate surface area is 124 Å². The Morgan fingerprint density at radius 3 is 2.38 bits per heavy atom. The molecule has 0 amide bonds. The second-order valence-corrected chi connectivity index (χ2v) is 5.80. The topological polar surface area (TPSA) is 104 Å². The first-order valence-corrected chi connectivity index (χ1v) is 6.69. The molecule has 0 aliphatic rings. The molecule has 1 atom stereocenters. The summed E-state index contributed by atoms with van der Waals surface area (Å²) in [5.74, 6) is -2.79.